The van der Waals surface area contributed by atoms with Crippen molar-refractivity contribution in [1.82, 2.24) is 0 Å². The molecule has 0 aliphatic rings. The van der Waals surface area contributed by atoms with E-state index in [1.54, 1.807) is 0 Å². The molecule has 0 amide bonds. The van der Waals surface area contributed by atoms with E-state index in [4.69, 9.17) is 0 Å². The van der Waals surface area contributed by atoms with Gasteiger partial charge in [-0.05, 0) is 21.6 Å². The summed E-state index contributed by atoms with van der Waals surface area (Å²) in [5.41, 5.74) is 0. The second-order valence-corrected chi connectivity index (χ2v) is 10.2. The van der Waals surface area contributed by atoms with Gasteiger partial charge in [0, 0.05) is 10.5 Å². The Kier molecular flexibility index (Phi) is 4.89. The molecule has 0 heterocycles. The quantitative estimate of drug-likeness (QED) is 0.673. The highest BCUT2D eigenvalue weighted by atomic mass is 33.5. The van der Waals surface area contributed by atoms with E-state index in [2.05, 4.69) is 0 Å². The summed E-state index contributed by atoms with van der Waals surface area (Å²) in [7, 11) is -0.906. The molecule has 0 aliphatic heterocycles. The van der Waals surface area contributed by atoms with Crippen LogP contribution in [0.4, 0.5) is 0 Å². The van der Waals surface area contributed by atoms with E-state index in [1.807, 2.05) is 27.7 Å². The average molecular weight is 214 g/mol. The van der Waals surface area contributed by atoms with Crippen LogP contribution in [0.25, 0.3) is 0 Å². The average Bonchev–Trinajstić information content (AvgIpc) is 1.53. The molecule has 68 valence electrons. The van der Waals surface area contributed by atoms with Crippen LogP contribution in [0.3, 0.4) is 0 Å². The van der Waals surface area contributed by atoms with Gasteiger partial charge in [-0.1, -0.05) is 27.7 Å². The van der Waals surface area contributed by atoms with Gasteiger partial charge in [-0.15, -0.1) is 0 Å². The van der Waals surface area contributed by atoms with Gasteiger partial charge in [0.15, 0.2) is 0 Å². The lowest BCUT2D eigenvalue weighted by molar-refractivity contribution is 0.623. The van der Waals surface area contributed by atoms with Crippen LogP contribution in [0.1, 0.15) is 27.7 Å². The van der Waals surface area contributed by atoms with Crippen LogP contribution in [0.15, 0.2) is 0 Å². The third-order valence-electron chi connectivity index (χ3n) is 0.621. The van der Waals surface area contributed by atoms with Crippen LogP contribution in [-0.2, 0) is 7.90 Å². The number of rotatable bonds is 4. The van der Waals surface area contributed by atoms with Gasteiger partial charge in [-0.3, -0.25) is 0 Å². The molecule has 0 aliphatic carbocycles. The van der Waals surface area contributed by atoms with E-state index in [1.165, 1.54) is 0 Å². The third kappa shape index (κ3) is 7.03. The highest BCUT2D eigenvalue weighted by Gasteiger charge is 2.16. The van der Waals surface area contributed by atoms with Crippen molar-refractivity contribution in [1.29, 1.82) is 0 Å². The van der Waals surface area contributed by atoms with E-state index >= 15 is 0 Å². The molecule has 0 rings (SSSR count). The topological polar surface area (TPSA) is 34.1 Å². The zero-order valence-electron chi connectivity index (χ0n) is 7.20. The van der Waals surface area contributed by atoms with Crippen molar-refractivity contribution >= 4 is 29.5 Å². The molecule has 0 fully saturated rings. The fraction of sp³-hybridized carbons (Fsp3) is 1.00. The monoisotopic (exact) mass is 214 g/mol. The van der Waals surface area contributed by atoms with Crippen molar-refractivity contribution < 1.29 is 8.42 Å². The van der Waals surface area contributed by atoms with Crippen LogP contribution in [0.5, 0.6) is 0 Å². The molecule has 0 saturated carbocycles. The van der Waals surface area contributed by atoms with E-state index in [-0.39, 0.29) is 10.5 Å². The van der Waals surface area contributed by atoms with Crippen LogP contribution < -0.4 is 0 Å². The smallest absolute Gasteiger partial charge is 0.206 e. The molecule has 0 aromatic rings. The van der Waals surface area contributed by atoms with Crippen LogP contribution >= 0.6 is 21.6 Å². The lowest BCUT2D eigenvalue weighted by Crippen LogP contribution is -1.99. The number of hydrogen-bond acceptors (Lipinski definition) is 4. The Balaban J connectivity index is 4.03. The fourth-order valence-corrected chi connectivity index (χ4v) is 7.68. The van der Waals surface area contributed by atoms with Crippen molar-refractivity contribution in [2.45, 2.75) is 38.2 Å². The standard InChI is InChI=1S/C6H14O2S3/c1-5(2)9-11(7,8)10-6(3)4/h5-6H,1-4H3. The minimum absolute atomic E-state index is 0.145. The molecular weight excluding hydrogens is 200 g/mol. The van der Waals surface area contributed by atoms with Crippen molar-refractivity contribution in [3.05, 3.63) is 0 Å². The predicted molar refractivity (Wildman–Crippen MR) is 54.4 cm³/mol. The van der Waals surface area contributed by atoms with Gasteiger partial charge in [-0.25, -0.2) is 8.42 Å². The molecule has 0 aromatic heterocycles. The summed E-state index contributed by atoms with van der Waals surface area (Å²) in [6.07, 6.45) is 0. The van der Waals surface area contributed by atoms with Crippen LogP contribution in [0, 0.1) is 0 Å². The molecule has 0 unspecified atom stereocenters. The van der Waals surface area contributed by atoms with Gasteiger partial charge in [0.25, 0.3) is 7.90 Å². The molecule has 0 atom stereocenters. The van der Waals surface area contributed by atoms with Crippen molar-refractivity contribution in [3.8, 4) is 0 Å². The first-order valence-corrected chi connectivity index (χ1v) is 7.72. The Morgan fingerprint density at radius 2 is 1.18 bits per heavy atom. The second-order valence-electron chi connectivity index (χ2n) is 2.70. The van der Waals surface area contributed by atoms with Crippen LogP contribution in [-0.4, -0.2) is 18.9 Å². The second kappa shape index (κ2) is 4.62. The first-order chi connectivity index (χ1) is 4.83. The Bertz CT molecular complexity index is 178. The molecule has 2 nitrogen and oxygen atoms in total. The predicted octanol–water partition coefficient (Wildman–Crippen LogP) is 2.51. The fourth-order valence-electron chi connectivity index (χ4n) is 0.494. The summed E-state index contributed by atoms with van der Waals surface area (Å²) in [6, 6.07) is 0. The summed E-state index contributed by atoms with van der Waals surface area (Å²) in [6.45, 7) is 7.51. The molecular formula is C6H14O2S3. The molecule has 0 aromatic carbocycles. The van der Waals surface area contributed by atoms with Crippen molar-refractivity contribution in [2.24, 2.45) is 0 Å². The summed E-state index contributed by atoms with van der Waals surface area (Å²) >= 11 is 0. The zero-order chi connectivity index (χ0) is 9.07. The van der Waals surface area contributed by atoms with Gasteiger partial charge >= 0.3 is 0 Å². The van der Waals surface area contributed by atoms with Crippen LogP contribution in [0.2, 0.25) is 0 Å². The highest BCUT2D eigenvalue weighted by molar-refractivity contribution is 9.04. The normalized spacial score (nSPS) is 12.9. The molecule has 11 heavy (non-hydrogen) atoms. The summed E-state index contributed by atoms with van der Waals surface area (Å²) < 4.78 is 22.4. The Hall–Kier alpha value is 0.650. The molecule has 0 spiro atoms. The SMILES string of the molecule is CC(C)SS(=O)(=O)SC(C)C. The Morgan fingerprint density at radius 1 is 0.909 bits per heavy atom. The van der Waals surface area contributed by atoms with Gasteiger partial charge in [-0.2, -0.15) is 0 Å². The largest absolute Gasteiger partial charge is 0.254 e. The first kappa shape index (κ1) is 11.6. The maximum Gasteiger partial charge on any atom is 0.254 e. The van der Waals surface area contributed by atoms with Gasteiger partial charge in [0.2, 0.25) is 0 Å². The maximum absolute atomic E-state index is 11.2. The number of hydrogen-bond donors (Lipinski definition) is 0. The maximum atomic E-state index is 11.2. The minimum Gasteiger partial charge on any atom is -0.206 e. The van der Waals surface area contributed by atoms with Gasteiger partial charge in [0.05, 0.1) is 0 Å². The minimum atomic E-state index is -2.95. The summed E-state index contributed by atoms with van der Waals surface area (Å²) in [5.74, 6) is 0. The van der Waals surface area contributed by atoms with E-state index < -0.39 is 7.90 Å². The lowest BCUT2D eigenvalue weighted by Gasteiger charge is -2.06. The van der Waals surface area contributed by atoms with E-state index in [0.29, 0.717) is 0 Å². The molecule has 0 saturated heterocycles. The first-order valence-electron chi connectivity index (χ1n) is 3.45. The summed E-state index contributed by atoms with van der Waals surface area (Å²) in [5, 5.41) is 0.289. The molecule has 5 heteroatoms. The summed E-state index contributed by atoms with van der Waals surface area (Å²) in [4.78, 5) is 0. The molecule has 0 radical (unpaired) electrons. The molecule has 0 bridgehead atoms. The van der Waals surface area contributed by atoms with E-state index in [9.17, 15) is 8.42 Å². The van der Waals surface area contributed by atoms with Crippen molar-refractivity contribution in [2.75, 3.05) is 0 Å². The van der Waals surface area contributed by atoms with Gasteiger partial charge < -0.3 is 0 Å². The Labute approximate surface area is 76.2 Å². The molecule has 0 N–H and O–H groups in total. The van der Waals surface area contributed by atoms with E-state index in [0.717, 1.165) is 21.6 Å². The zero-order valence-corrected chi connectivity index (χ0v) is 9.65. The van der Waals surface area contributed by atoms with Gasteiger partial charge in [0.1, 0.15) is 0 Å². The third-order valence-corrected chi connectivity index (χ3v) is 7.00. The lowest BCUT2D eigenvalue weighted by atomic mass is 10.6. The Morgan fingerprint density at radius 3 is 1.36 bits per heavy atom. The highest BCUT2D eigenvalue weighted by Crippen LogP contribution is 2.32. The van der Waals surface area contributed by atoms with Crippen molar-refractivity contribution in [3.63, 3.8) is 0 Å².